The number of anilines is 1. The first-order valence-electron chi connectivity index (χ1n) is 6.76. The van der Waals surface area contributed by atoms with E-state index < -0.39 is 6.10 Å². The van der Waals surface area contributed by atoms with Crippen LogP contribution in [0.1, 0.15) is 18.1 Å². The molecule has 1 N–H and O–H groups in total. The number of carbonyl (C=O) groups excluding carboxylic acids is 1. The third kappa shape index (κ3) is 4.23. The van der Waals surface area contributed by atoms with Gasteiger partial charge in [-0.2, -0.15) is 0 Å². The van der Waals surface area contributed by atoms with E-state index in [1.165, 1.54) is 0 Å². The van der Waals surface area contributed by atoms with Crippen LogP contribution in [0.15, 0.2) is 42.5 Å². The lowest BCUT2D eigenvalue weighted by Crippen LogP contribution is -2.30. The Morgan fingerprint density at radius 3 is 2.33 bits per heavy atom. The van der Waals surface area contributed by atoms with Crippen molar-refractivity contribution in [3.8, 4) is 5.75 Å². The summed E-state index contributed by atoms with van der Waals surface area (Å²) in [6.45, 7) is 5.65. The van der Waals surface area contributed by atoms with Gasteiger partial charge in [-0.15, -0.1) is 0 Å². The molecule has 2 aromatic carbocycles. The molecular formula is C17H18ClNO2. The van der Waals surface area contributed by atoms with Crippen LogP contribution < -0.4 is 10.1 Å². The van der Waals surface area contributed by atoms with Gasteiger partial charge in [0.2, 0.25) is 0 Å². The van der Waals surface area contributed by atoms with Gasteiger partial charge in [0.1, 0.15) is 5.75 Å². The molecule has 0 fully saturated rings. The zero-order chi connectivity index (χ0) is 15.4. The topological polar surface area (TPSA) is 38.3 Å². The molecule has 0 aliphatic carbocycles. The van der Waals surface area contributed by atoms with Crippen LogP contribution in [-0.4, -0.2) is 12.0 Å². The van der Waals surface area contributed by atoms with Crippen molar-refractivity contribution >= 4 is 23.2 Å². The minimum absolute atomic E-state index is 0.235. The Kier molecular flexibility index (Phi) is 4.86. The number of hydrogen-bond donors (Lipinski definition) is 1. The minimum atomic E-state index is -0.606. The van der Waals surface area contributed by atoms with Crippen molar-refractivity contribution < 1.29 is 9.53 Å². The van der Waals surface area contributed by atoms with Gasteiger partial charge in [-0.25, -0.2) is 0 Å². The van der Waals surface area contributed by atoms with Gasteiger partial charge in [0, 0.05) is 0 Å². The summed E-state index contributed by atoms with van der Waals surface area (Å²) in [7, 11) is 0. The molecule has 0 heterocycles. The molecule has 0 saturated carbocycles. The van der Waals surface area contributed by atoms with Crippen LogP contribution in [0.5, 0.6) is 5.75 Å². The van der Waals surface area contributed by atoms with Gasteiger partial charge in [0.25, 0.3) is 5.91 Å². The number of ether oxygens (including phenoxy) is 1. The number of hydrogen-bond acceptors (Lipinski definition) is 2. The maximum absolute atomic E-state index is 12.1. The largest absolute Gasteiger partial charge is 0.481 e. The standard InChI is InChI=1S/C17H18ClNO2/c1-11-4-7-14(8-5-11)21-13(3)17(20)19-16-9-6-12(2)10-15(16)18/h4-10,13H,1-3H3,(H,19,20). The monoisotopic (exact) mass is 303 g/mol. The third-order valence-corrected chi connectivity index (χ3v) is 3.40. The number of nitrogens with one attached hydrogen (secondary N) is 1. The van der Waals surface area contributed by atoms with Gasteiger partial charge >= 0.3 is 0 Å². The van der Waals surface area contributed by atoms with Crippen LogP contribution >= 0.6 is 11.6 Å². The molecule has 3 nitrogen and oxygen atoms in total. The lowest BCUT2D eigenvalue weighted by atomic mass is 10.2. The summed E-state index contributed by atoms with van der Waals surface area (Å²) < 4.78 is 5.61. The van der Waals surface area contributed by atoms with Crippen molar-refractivity contribution in [2.24, 2.45) is 0 Å². The molecule has 0 aromatic heterocycles. The SMILES string of the molecule is Cc1ccc(OC(C)C(=O)Nc2ccc(C)cc2Cl)cc1. The van der Waals surface area contributed by atoms with Gasteiger partial charge in [-0.05, 0) is 50.6 Å². The smallest absolute Gasteiger partial charge is 0.265 e. The van der Waals surface area contributed by atoms with Crippen molar-refractivity contribution in [3.63, 3.8) is 0 Å². The van der Waals surface area contributed by atoms with E-state index in [1.54, 1.807) is 13.0 Å². The van der Waals surface area contributed by atoms with E-state index in [1.807, 2.05) is 50.2 Å². The second-order valence-corrected chi connectivity index (χ2v) is 5.45. The molecule has 2 rings (SSSR count). The summed E-state index contributed by atoms with van der Waals surface area (Å²) in [6, 6.07) is 13.1. The first-order chi connectivity index (χ1) is 9.95. The highest BCUT2D eigenvalue weighted by atomic mass is 35.5. The highest BCUT2D eigenvalue weighted by Gasteiger charge is 2.16. The van der Waals surface area contributed by atoms with Gasteiger partial charge in [0.15, 0.2) is 6.10 Å². The average molecular weight is 304 g/mol. The third-order valence-electron chi connectivity index (χ3n) is 3.09. The summed E-state index contributed by atoms with van der Waals surface area (Å²) in [5.74, 6) is 0.430. The van der Waals surface area contributed by atoms with E-state index >= 15 is 0 Å². The Morgan fingerprint density at radius 2 is 1.71 bits per heavy atom. The van der Waals surface area contributed by atoms with Crippen LogP contribution in [0, 0.1) is 13.8 Å². The molecule has 0 radical (unpaired) electrons. The Morgan fingerprint density at radius 1 is 1.10 bits per heavy atom. The molecular weight excluding hydrogens is 286 g/mol. The molecule has 1 unspecified atom stereocenters. The first-order valence-corrected chi connectivity index (χ1v) is 7.14. The Balaban J connectivity index is 2.00. The van der Waals surface area contributed by atoms with E-state index in [-0.39, 0.29) is 5.91 Å². The maximum atomic E-state index is 12.1. The van der Waals surface area contributed by atoms with Crippen LogP contribution in [0.25, 0.3) is 0 Å². The first kappa shape index (κ1) is 15.4. The van der Waals surface area contributed by atoms with Crippen molar-refractivity contribution in [2.75, 3.05) is 5.32 Å². The Hall–Kier alpha value is -2.00. The van der Waals surface area contributed by atoms with Crippen LogP contribution in [0.3, 0.4) is 0 Å². The van der Waals surface area contributed by atoms with E-state index in [2.05, 4.69) is 5.32 Å². The lowest BCUT2D eigenvalue weighted by molar-refractivity contribution is -0.122. The van der Waals surface area contributed by atoms with Gasteiger partial charge < -0.3 is 10.1 Å². The number of aryl methyl sites for hydroxylation is 2. The van der Waals surface area contributed by atoms with Gasteiger partial charge in [0.05, 0.1) is 10.7 Å². The quantitative estimate of drug-likeness (QED) is 0.911. The lowest BCUT2D eigenvalue weighted by Gasteiger charge is -2.15. The molecule has 0 aliphatic rings. The molecule has 0 spiro atoms. The number of rotatable bonds is 4. The number of amides is 1. The van der Waals surface area contributed by atoms with Crippen LogP contribution in [0.4, 0.5) is 5.69 Å². The molecule has 4 heteroatoms. The summed E-state index contributed by atoms with van der Waals surface area (Å²) in [5, 5.41) is 3.29. The normalized spacial score (nSPS) is 11.8. The van der Waals surface area contributed by atoms with E-state index in [0.717, 1.165) is 11.1 Å². The second kappa shape index (κ2) is 6.64. The van der Waals surface area contributed by atoms with Gasteiger partial charge in [-0.1, -0.05) is 35.4 Å². The predicted molar refractivity (Wildman–Crippen MR) is 86.1 cm³/mol. The predicted octanol–water partition coefficient (Wildman–Crippen LogP) is 4.36. The zero-order valence-corrected chi connectivity index (χ0v) is 13.1. The molecule has 0 bridgehead atoms. The summed E-state index contributed by atoms with van der Waals surface area (Å²) in [6.07, 6.45) is -0.606. The molecule has 1 atom stereocenters. The fourth-order valence-corrected chi connectivity index (χ4v) is 2.11. The van der Waals surface area contributed by atoms with Crippen molar-refractivity contribution in [2.45, 2.75) is 26.9 Å². The zero-order valence-electron chi connectivity index (χ0n) is 12.3. The fourth-order valence-electron chi connectivity index (χ4n) is 1.83. The number of halogens is 1. The van der Waals surface area contributed by atoms with E-state index in [9.17, 15) is 4.79 Å². The molecule has 0 saturated heterocycles. The average Bonchev–Trinajstić information content (AvgIpc) is 2.44. The highest BCUT2D eigenvalue weighted by molar-refractivity contribution is 6.33. The second-order valence-electron chi connectivity index (χ2n) is 5.05. The molecule has 21 heavy (non-hydrogen) atoms. The molecule has 1 amide bonds. The Bertz CT molecular complexity index is 638. The van der Waals surface area contributed by atoms with Crippen molar-refractivity contribution in [1.29, 1.82) is 0 Å². The number of benzene rings is 2. The van der Waals surface area contributed by atoms with Crippen LogP contribution in [0.2, 0.25) is 5.02 Å². The van der Waals surface area contributed by atoms with Crippen molar-refractivity contribution in [3.05, 3.63) is 58.6 Å². The summed E-state index contributed by atoms with van der Waals surface area (Å²) in [4.78, 5) is 12.1. The van der Waals surface area contributed by atoms with E-state index in [0.29, 0.717) is 16.5 Å². The minimum Gasteiger partial charge on any atom is -0.481 e. The number of carbonyl (C=O) groups is 1. The molecule has 0 aliphatic heterocycles. The highest BCUT2D eigenvalue weighted by Crippen LogP contribution is 2.23. The van der Waals surface area contributed by atoms with Crippen molar-refractivity contribution in [1.82, 2.24) is 0 Å². The van der Waals surface area contributed by atoms with E-state index in [4.69, 9.17) is 16.3 Å². The fraction of sp³-hybridized carbons (Fsp3) is 0.235. The molecule has 110 valence electrons. The summed E-state index contributed by atoms with van der Waals surface area (Å²) >= 11 is 6.10. The maximum Gasteiger partial charge on any atom is 0.265 e. The van der Waals surface area contributed by atoms with Gasteiger partial charge in [-0.3, -0.25) is 4.79 Å². The van der Waals surface area contributed by atoms with Crippen LogP contribution in [-0.2, 0) is 4.79 Å². The Labute approximate surface area is 129 Å². The summed E-state index contributed by atoms with van der Waals surface area (Å²) in [5.41, 5.74) is 2.78. The molecule has 2 aromatic rings.